The number of rotatable bonds is 4. The Balaban J connectivity index is 1.32. The lowest BCUT2D eigenvalue weighted by Crippen LogP contribution is -2.37. The molecule has 6 nitrogen and oxygen atoms in total. The molecule has 33 heavy (non-hydrogen) atoms. The molecule has 3 fully saturated rings. The van der Waals surface area contributed by atoms with Crippen LogP contribution in [0.2, 0.25) is 0 Å². The molecule has 2 aromatic rings. The number of amides is 1. The molecule has 5 rings (SSSR count). The molecule has 3 aliphatic rings. The fourth-order valence-corrected chi connectivity index (χ4v) is 5.39. The minimum absolute atomic E-state index is 0.106. The fraction of sp³-hybridized carbons (Fsp3) is 0.522. The monoisotopic (exact) mass is 569 g/mol. The maximum absolute atomic E-state index is 13.2. The molecule has 0 bridgehead atoms. The van der Waals surface area contributed by atoms with Crippen molar-refractivity contribution >= 4 is 40.0 Å². The molecule has 1 amide bonds. The molecule has 174 valence electrons. The molecule has 1 N–H and O–H groups in total. The second-order valence-electron chi connectivity index (χ2n) is 9.44. The Hall–Kier alpha value is -2.29. The Kier molecular flexibility index (Phi) is 5.58. The average Bonchev–Trinajstić information content (AvgIpc) is 3.36. The highest BCUT2D eigenvalue weighted by molar-refractivity contribution is 14.1. The summed E-state index contributed by atoms with van der Waals surface area (Å²) in [6.45, 7) is 1.82. The zero-order valence-electron chi connectivity index (χ0n) is 17.8. The molecule has 0 atom stereocenters. The van der Waals surface area contributed by atoms with E-state index >= 15 is 0 Å². The maximum atomic E-state index is 13.2. The van der Waals surface area contributed by atoms with Crippen LogP contribution >= 0.6 is 22.6 Å². The van der Waals surface area contributed by atoms with Gasteiger partial charge in [0.25, 0.3) is 5.91 Å². The van der Waals surface area contributed by atoms with Gasteiger partial charge in [-0.05, 0) is 84.7 Å². The number of aromatic nitrogens is 2. The van der Waals surface area contributed by atoms with Crippen LogP contribution in [0.5, 0.6) is 0 Å². The van der Waals surface area contributed by atoms with Crippen LogP contribution in [0, 0.1) is 26.2 Å². The largest absolute Gasteiger partial charge is 0.391 e. The Bertz CT molecular complexity index is 1120. The minimum Gasteiger partial charge on any atom is -0.371 e. The number of hydrogen-bond donors (Lipinski definition) is 1. The standard InChI is InChI=1S/C23H23F3IN5O/c24-23(25,26)14-9-16(10-14)32-17(13-28)12-20(30-32)29-21(33)18-2-1-15(27)11-19(18)31-7-5-22(3-4-22)6-8-31/h1-2,11-12,14,16H,3-10H2,(H,29,30,33). The zero-order valence-corrected chi connectivity index (χ0v) is 20.0. The van der Waals surface area contributed by atoms with Gasteiger partial charge in [0.15, 0.2) is 5.82 Å². The van der Waals surface area contributed by atoms with Crippen molar-refractivity contribution in [3.63, 3.8) is 0 Å². The van der Waals surface area contributed by atoms with Crippen LogP contribution < -0.4 is 10.2 Å². The maximum Gasteiger partial charge on any atom is 0.391 e. The first-order valence-electron chi connectivity index (χ1n) is 11.1. The Morgan fingerprint density at radius 1 is 1.18 bits per heavy atom. The summed E-state index contributed by atoms with van der Waals surface area (Å²) in [7, 11) is 0. The molecule has 0 radical (unpaired) electrons. The van der Waals surface area contributed by atoms with Crippen molar-refractivity contribution in [2.24, 2.45) is 11.3 Å². The summed E-state index contributed by atoms with van der Waals surface area (Å²) in [5.41, 5.74) is 2.07. The zero-order chi connectivity index (χ0) is 23.4. The predicted molar refractivity (Wildman–Crippen MR) is 125 cm³/mol. The van der Waals surface area contributed by atoms with E-state index in [1.165, 1.54) is 23.6 Å². The topological polar surface area (TPSA) is 74.0 Å². The van der Waals surface area contributed by atoms with E-state index in [4.69, 9.17) is 0 Å². The van der Waals surface area contributed by atoms with Gasteiger partial charge in [0.05, 0.1) is 23.2 Å². The van der Waals surface area contributed by atoms with Gasteiger partial charge in [-0.3, -0.25) is 4.79 Å². The van der Waals surface area contributed by atoms with Gasteiger partial charge in [-0.25, -0.2) is 4.68 Å². The molecular formula is C23H23F3IN5O. The minimum atomic E-state index is -4.23. The lowest BCUT2D eigenvalue weighted by Gasteiger charge is -2.36. The molecular weight excluding hydrogens is 546 g/mol. The van der Waals surface area contributed by atoms with Crippen molar-refractivity contribution in [2.45, 2.75) is 50.7 Å². The summed E-state index contributed by atoms with van der Waals surface area (Å²) in [5, 5.41) is 16.4. The Morgan fingerprint density at radius 2 is 1.88 bits per heavy atom. The molecule has 2 heterocycles. The third-order valence-electron chi connectivity index (χ3n) is 7.34. The average molecular weight is 569 g/mol. The number of halogens is 4. The number of alkyl halides is 3. The highest BCUT2D eigenvalue weighted by Crippen LogP contribution is 2.54. The van der Waals surface area contributed by atoms with E-state index in [0.29, 0.717) is 11.0 Å². The van der Waals surface area contributed by atoms with E-state index in [-0.39, 0.29) is 30.3 Å². The second kappa shape index (κ2) is 8.18. The number of nitriles is 1. The summed E-state index contributed by atoms with van der Waals surface area (Å²) in [6.07, 6.45) is 0.425. The Morgan fingerprint density at radius 3 is 2.48 bits per heavy atom. The summed E-state index contributed by atoms with van der Waals surface area (Å²) >= 11 is 2.23. The first-order valence-corrected chi connectivity index (χ1v) is 12.2. The summed E-state index contributed by atoms with van der Waals surface area (Å²) in [6, 6.07) is 8.57. The summed E-state index contributed by atoms with van der Waals surface area (Å²) in [4.78, 5) is 15.4. The molecule has 2 aliphatic carbocycles. The van der Waals surface area contributed by atoms with Crippen LogP contribution in [-0.2, 0) is 0 Å². The van der Waals surface area contributed by atoms with Gasteiger partial charge in [0, 0.05) is 22.7 Å². The van der Waals surface area contributed by atoms with Crippen LogP contribution in [0.25, 0.3) is 0 Å². The van der Waals surface area contributed by atoms with Crippen LogP contribution in [0.4, 0.5) is 24.7 Å². The first-order chi connectivity index (χ1) is 15.7. The number of nitrogens with one attached hydrogen (secondary N) is 1. The van der Waals surface area contributed by atoms with E-state index < -0.39 is 18.1 Å². The Labute approximate surface area is 203 Å². The van der Waals surface area contributed by atoms with Gasteiger partial charge >= 0.3 is 6.18 Å². The highest BCUT2D eigenvalue weighted by atomic mass is 127. The molecule has 1 aromatic heterocycles. The van der Waals surface area contributed by atoms with Gasteiger partial charge < -0.3 is 10.2 Å². The first kappa shape index (κ1) is 22.5. The highest BCUT2D eigenvalue weighted by Gasteiger charge is 2.49. The van der Waals surface area contributed by atoms with Crippen molar-refractivity contribution in [1.82, 2.24) is 9.78 Å². The van der Waals surface area contributed by atoms with Crippen molar-refractivity contribution in [3.8, 4) is 6.07 Å². The molecule has 1 saturated heterocycles. The number of carbonyl (C=O) groups excluding carboxylic acids is 1. The fourth-order valence-electron chi connectivity index (χ4n) is 4.91. The van der Waals surface area contributed by atoms with Crippen LogP contribution in [0.15, 0.2) is 24.3 Å². The van der Waals surface area contributed by atoms with Crippen LogP contribution in [0.3, 0.4) is 0 Å². The lowest BCUT2D eigenvalue weighted by atomic mass is 9.80. The number of nitrogens with zero attached hydrogens (tertiary/aromatic N) is 4. The van der Waals surface area contributed by atoms with E-state index in [9.17, 15) is 23.2 Å². The molecule has 0 unspecified atom stereocenters. The van der Waals surface area contributed by atoms with Gasteiger partial charge in [-0.15, -0.1) is 0 Å². The molecule has 10 heteroatoms. The third kappa shape index (κ3) is 4.44. The molecule has 1 aromatic carbocycles. The van der Waals surface area contributed by atoms with Crippen LogP contribution in [-0.4, -0.2) is 35.0 Å². The van der Waals surface area contributed by atoms with Crippen molar-refractivity contribution in [1.29, 1.82) is 5.26 Å². The molecule has 1 spiro atoms. The van der Waals surface area contributed by atoms with E-state index in [1.807, 2.05) is 18.2 Å². The van der Waals surface area contributed by atoms with Gasteiger partial charge in [0.1, 0.15) is 11.8 Å². The molecule has 2 saturated carbocycles. The summed E-state index contributed by atoms with van der Waals surface area (Å²) in [5.74, 6) is -1.54. The second-order valence-corrected chi connectivity index (χ2v) is 10.7. The van der Waals surface area contributed by atoms with Gasteiger partial charge in [0.2, 0.25) is 0 Å². The number of carbonyl (C=O) groups is 1. The van der Waals surface area contributed by atoms with Crippen LogP contribution in [0.1, 0.15) is 60.6 Å². The summed E-state index contributed by atoms with van der Waals surface area (Å²) < 4.78 is 40.9. The number of anilines is 2. The molecule has 1 aliphatic heterocycles. The van der Waals surface area contributed by atoms with Crippen molar-refractivity contribution in [3.05, 3.63) is 39.1 Å². The van der Waals surface area contributed by atoms with E-state index in [2.05, 4.69) is 37.9 Å². The smallest absolute Gasteiger partial charge is 0.371 e. The normalized spacial score (nSPS) is 23.7. The van der Waals surface area contributed by atoms with Gasteiger partial charge in [-0.2, -0.15) is 23.5 Å². The number of hydrogen-bond acceptors (Lipinski definition) is 4. The van der Waals surface area contributed by atoms with Gasteiger partial charge in [-0.1, -0.05) is 0 Å². The van der Waals surface area contributed by atoms with Crippen molar-refractivity contribution in [2.75, 3.05) is 23.3 Å². The number of benzene rings is 1. The predicted octanol–water partition coefficient (Wildman–Crippen LogP) is 5.51. The lowest BCUT2D eigenvalue weighted by molar-refractivity contribution is -0.203. The van der Waals surface area contributed by atoms with E-state index in [1.54, 1.807) is 6.07 Å². The number of piperidine rings is 1. The van der Waals surface area contributed by atoms with E-state index in [0.717, 1.165) is 35.2 Å². The quantitative estimate of drug-likeness (QED) is 0.494. The van der Waals surface area contributed by atoms with Crippen molar-refractivity contribution < 1.29 is 18.0 Å². The SMILES string of the molecule is N#Cc1cc(NC(=O)c2ccc(I)cc2N2CCC3(CC2)CC3)nn1C1CC(C(F)(F)F)C1. The third-order valence-corrected chi connectivity index (χ3v) is 8.01.